The fourth-order valence-corrected chi connectivity index (χ4v) is 2.73. The van der Waals surface area contributed by atoms with Gasteiger partial charge < -0.3 is 10.0 Å². The minimum atomic E-state index is -0.395. The van der Waals surface area contributed by atoms with Crippen LogP contribution in [0, 0.1) is 5.82 Å². The molecule has 0 saturated carbocycles. The van der Waals surface area contributed by atoms with E-state index < -0.39 is 5.82 Å². The van der Waals surface area contributed by atoms with Crippen LogP contribution in [0.3, 0.4) is 0 Å². The molecule has 0 heterocycles. The number of aromatic hydroxyl groups is 1. The van der Waals surface area contributed by atoms with Gasteiger partial charge in [-0.05, 0) is 52.1 Å². The van der Waals surface area contributed by atoms with Crippen molar-refractivity contribution < 1.29 is 9.50 Å². The molecule has 0 aliphatic heterocycles. The van der Waals surface area contributed by atoms with E-state index in [0.29, 0.717) is 0 Å². The first-order chi connectivity index (χ1) is 10.0. The normalized spacial score (nSPS) is 13.1. The van der Waals surface area contributed by atoms with Crippen LogP contribution in [0.25, 0.3) is 0 Å². The quantitative estimate of drug-likeness (QED) is 0.753. The topological polar surface area (TPSA) is 26.7 Å². The summed E-state index contributed by atoms with van der Waals surface area (Å²) in [6, 6.07) is 4.38. The van der Waals surface area contributed by atoms with E-state index in [1.165, 1.54) is 12.1 Å². The van der Waals surface area contributed by atoms with Crippen molar-refractivity contribution in [3.8, 4) is 5.75 Å². The lowest BCUT2D eigenvalue weighted by atomic mass is 10.1. The summed E-state index contributed by atoms with van der Waals surface area (Å²) < 4.78 is 13.1. The minimum Gasteiger partial charge on any atom is -0.508 e. The van der Waals surface area contributed by atoms with Crippen LogP contribution in [0.1, 0.15) is 45.7 Å². The molecule has 21 heavy (non-hydrogen) atoms. The van der Waals surface area contributed by atoms with Gasteiger partial charge in [0.05, 0.1) is 0 Å². The summed E-state index contributed by atoms with van der Waals surface area (Å²) >= 11 is 0. The largest absolute Gasteiger partial charge is 0.508 e. The maximum absolute atomic E-state index is 13.1. The lowest BCUT2D eigenvalue weighted by Crippen LogP contribution is -2.31. The highest BCUT2D eigenvalue weighted by atomic mass is 19.1. The van der Waals surface area contributed by atoms with Crippen molar-refractivity contribution in [2.24, 2.45) is 0 Å². The molecule has 0 aliphatic carbocycles. The minimum absolute atomic E-state index is 0.0460. The van der Waals surface area contributed by atoms with Gasteiger partial charge >= 0.3 is 0 Å². The van der Waals surface area contributed by atoms with Gasteiger partial charge in [0.25, 0.3) is 0 Å². The molecule has 0 aliphatic rings. The van der Waals surface area contributed by atoms with Crippen molar-refractivity contribution in [2.45, 2.75) is 40.2 Å². The summed E-state index contributed by atoms with van der Waals surface area (Å²) in [5, 5.41) is 9.92. The lowest BCUT2D eigenvalue weighted by molar-refractivity contribution is 0.198. The highest BCUT2D eigenvalue weighted by Crippen LogP contribution is 2.28. The van der Waals surface area contributed by atoms with E-state index in [0.717, 1.165) is 44.7 Å². The van der Waals surface area contributed by atoms with E-state index in [2.05, 4.69) is 37.5 Å². The summed E-state index contributed by atoms with van der Waals surface area (Å²) in [6.45, 7) is 13.7. The van der Waals surface area contributed by atoms with Gasteiger partial charge in [-0.2, -0.15) is 0 Å². The average Bonchev–Trinajstić information content (AvgIpc) is 2.47. The zero-order chi connectivity index (χ0) is 15.8. The third kappa shape index (κ3) is 5.29. The number of hydrogen-bond acceptors (Lipinski definition) is 3. The maximum Gasteiger partial charge on any atom is 0.126 e. The van der Waals surface area contributed by atoms with Crippen LogP contribution in [-0.4, -0.2) is 47.6 Å². The van der Waals surface area contributed by atoms with Crippen molar-refractivity contribution in [1.29, 1.82) is 0 Å². The number of halogens is 1. The summed E-state index contributed by atoms with van der Waals surface area (Å²) in [5.41, 5.74) is 0.793. The van der Waals surface area contributed by atoms with Crippen LogP contribution in [-0.2, 0) is 0 Å². The first kappa shape index (κ1) is 17.9. The first-order valence-corrected chi connectivity index (χ1v) is 7.98. The third-order valence-corrected chi connectivity index (χ3v) is 4.21. The Labute approximate surface area is 128 Å². The van der Waals surface area contributed by atoms with Gasteiger partial charge in [-0.1, -0.05) is 26.8 Å². The summed E-state index contributed by atoms with van der Waals surface area (Å²) in [4.78, 5) is 4.73. The molecule has 0 spiro atoms. The second-order valence-corrected chi connectivity index (χ2v) is 5.39. The molecule has 1 atom stereocenters. The molecule has 4 heteroatoms. The number of benzene rings is 1. The molecule has 0 bridgehead atoms. The molecule has 1 aromatic rings. The second kappa shape index (κ2) is 9.00. The third-order valence-electron chi connectivity index (χ3n) is 4.21. The molecular weight excluding hydrogens is 267 g/mol. The van der Waals surface area contributed by atoms with E-state index in [1.807, 2.05) is 0 Å². The zero-order valence-electron chi connectivity index (χ0n) is 13.8. The molecular formula is C17H29FN2O. The van der Waals surface area contributed by atoms with Gasteiger partial charge in [0.15, 0.2) is 0 Å². The molecule has 0 saturated heterocycles. The average molecular weight is 296 g/mol. The number of phenols is 1. The Morgan fingerprint density at radius 3 is 2.29 bits per heavy atom. The van der Waals surface area contributed by atoms with Crippen molar-refractivity contribution >= 4 is 0 Å². The highest BCUT2D eigenvalue weighted by Gasteiger charge is 2.17. The molecule has 3 nitrogen and oxygen atoms in total. The summed E-state index contributed by atoms with van der Waals surface area (Å²) in [5.74, 6) is -0.349. The SMILES string of the molecule is CCN(CC)CCCN(CC)C(C)c1ccc(F)cc1O. The fraction of sp³-hybridized carbons (Fsp3) is 0.647. The molecule has 1 rings (SSSR count). The van der Waals surface area contributed by atoms with Crippen molar-refractivity contribution in [3.63, 3.8) is 0 Å². The molecule has 1 N–H and O–H groups in total. The van der Waals surface area contributed by atoms with E-state index in [-0.39, 0.29) is 11.8 Å². The van der Waals surface area contributed by atoms with E-state index in [9.17, 15) is 9.50 Å². The Morgan fingerprint density at radius 2 is 1.76 bits per heavy atom. The van der Waals surface area contributed by atoms with Gasteiger partial charge in [0, 0.05) is 17.7 Å². The smallest absolute Gasteiger partial charge is 0.126 e. The number of nitrogens with zero attached hydrogens (tertiary/aromatic N) is 2. The van der Waals surface area contributed by atoms with E-state index in [4.69, 9.17) is 0 Å². The van der Waals surface area contributed by atoms with Gasteiger partial charge in [0.1, 0.15) is 11.6 Å². The van der Waals surface area contributed by atoms with E-state index in [1.54, 1.807) is 6.07 Å². The monoisotopic (exact) mass is 296 g/mol. The van der Waals surface area contributed by atoms with Crippen LogP contribution in [0.15, 0.2) is 18.2 Å². The fourth-order valence-electron chi connectivity index (χ4n) is 2.73. The van der Waals surface area contributed by atoms with Gasteiger partial charge in [-0.3, -0.25) is 4.90 Å². The van der Waals surface area contributed by atoms with Crippen LogP contribution < -0.4 is 0 Å². The standard InChI is InChI=1S/C17H29FN2O/c1-5-19(6-2)11-8-12-20(7-3)14(4)16-10-9-15(18)13-17(16)21/h9-10,13-14,21H,5-8,11-12H2,1-4H3. The summed E-state index contributed by atoms with van der Waals surface area (Å²) in [7, 11) is 0. The molecule has 0 fully saturated rings. The lowest BCUT2D eigenvalue weighted by Gasteiger charge is -2.29. The van der Waals surface area contributed by atoms with Crippen LogP contribution in [0.4, 0.5) is 4.39 Å². The predicted octanol–water partition coefficient (Wildman–Crippen LogP) is 3.65. The van der Waals surface area contributed by atoms with E-state index >= 15 is 0 Å². The number of rotatable bonds is 9. The number of phenolic OH excluding ortho intramolecular Hbond substituents is 1. The number of hydrogen-bond donors (Lipinski definition) is 1. The highest BCUT2D eigenvalue weighted by molar-refractivity contribution is 5.34. The van der Waals surface area contributed by atoms with Crippen LogP contribution in [0.5, 0.6) is 5.75 Å². The van der Waals surface area contributed by atoms with Gasteiger partial charge in [-0.25, -0.2) is 4.39 Å². The molecule has 120 valence electrons. The zero-order valence-corrected chi connectivity index (χ0v) is 13.8. The Morgan fingerprint density at radius 1 is 1.10 bits per heavy atom. The summed E-state index contributed by atoms with van der Waals surface area (Å²) in [6.07, 6.45) is 1.10. The Kier molecular flexibility index (Phi) is 7.68. The van der Waals surface area contributed by atoms with Gasteiger partial charge in [-0.15, -0.1) is 0 Å². The first-order valence-electron chi connectivity index (χ1n) is 7.98. The Balaban J connectivity index is 2.62. The van der Waals surface area contributed by atoms with Gasteiger partial charge in [0.2, 0.25) is 0 Å². The van der Waals surface area contributed by atoms with Crippen molar-refractivity contribution in [1.82, 2.24) is 9.80 Å². The second-order valence-electron chi connectivity index (χ2n) is 5.39. The molecule has 1 aromatic carbocycles. The molecule has 0 radical (unpaired) electrons. The van der Waals surface area contributed by atoms with Crippen molar-refractivity contribution in [3.05, 3.63) is 29.6 Å². The predicted molar refractivity (Wildman–Crippen MR) is 86.1 cm³/mol. The molecule has 0 amide bonds. The molecule has 1 unspecified atom stereocenters. The maximum atomic E-state index is 13.1. The molecule has 0 aromatic heterocycles. The Bertz CT molecular complexity index is 421. The van der Waals surface area contributed by atoms with Crippen LogP contribution in [0.2, 0.25) is 0 Å². The Hall–Kier alpha value is -1.13. The van der Waals surface area contributed by atoms with Crippen molar-refractivity contribution in [2.75, 3.05) is 32.7 Å². The van der Waals surface area contributed by atoms with Crippen LogP contribution >= 0.6 is 0 Å².